The number of hydrogen-bond donors (Lipinski definition) is 2. The number of aromatic nitrogens is 3. The van der Waals surface area contributed by atoms with E-state index in [4.69, 9.17) is 5.73 Å². The molecule has 1 aromatic heterocycles. The van der Waals surface area contributed by atoms with Crippen LogP contribution in [0.15, 0.2) is 34.3 Å². The van der Waals surface area contributed by atoms with E-state index in [0.717, 1.165) is 4.90 Å². The zero-order valence-electron chi connectivity index (χ0n) is 11.7. The summed E-state index contributed by atoms with van der Waals surface area (Å²) >= 11 is 1.34. The molecule has 0 saturated carbocycles. The maximum atomic E-state index is 11.4. The summed E-state index contributed by atoms with van der Waals surface area (Å²) in [4.78, 5) is 24.5. The van der Waals surface area contributed by atoms with E-state index in [2.05, 4.69) is 25.0 Å². The molecule has 7 nitrogen and oxygen atoms in total. The SMILES string of the molecule is CCNc1nc(N)nc(Sc2ccc(C(=O)OC)cc2)n1. The number of carbonyl (C=O) groups excluding carboxylic acids is 1. The first kappa shape index (κ1) is 15.0. The van der Waals surface area contributed by atoms with Crippen molar-refractivity contribution in [2.24, 2.45) is 0 Å². The van der Waals surface area contributed by atoms with Gasteiger partial charge in [-0.15, -0.1) is 0 Å². The lowest BCUT2D eigenvalue weighted by atomic mass is 10.2. The number of rotatable bonds is 5. The highest BCUT2D eigenvalue weighted by atomic mass is 32.2. The second-order valence-corrected chi connectivity index (χ2v) is 4.99. The van der Waals surface area contributed by atoms with Gasteiger partial charge in [0.2, 0.25) is 11.9 Å². The van der Waals surface area contributed by atoms with E-state index in [1.165, 1.54) is 18.9 Å². The Balaban J connectivity index is 2.16. The number of nitrogens with one attached hydrogen (secondary N) is 1. The van der Waals surface area contributed by atoms with Crippen LogP contribution in [-0.4, -0.2) is 34.6 Å². The average molecular weight is 305 g/mol. The van der Waals surface area contributed by atoms with Crippen molar-refractivity contribution >= 4 is 29.6 Å². The van der Waals surface area contributed by atoms with Gasteiger partial charge in [-0.25, -0.2) is 4.79 Å². The Morgan fingerprint density at radius 1 is 1.29 bits per heavy atom. The smallest absolute Gasteiger partial charge is 0.337 e. The number of benzene rings is 1. The number of methoxy groups -OCH3 is 1. The second-order valence-electron chi connectivity index (χ2n) is 3.95. The van der Waals surface area contributed by atoms with Crippen LogP contribution in [0.5, 0.6) is 0 Å². The van der Waals surface area contributed by atoms with Crippen molar-refractivity contribution in [2.75, 3.05) is 24.7 Å². The lowest BCUT2D eigenvalue weighted by molar-refractivity contribution is 0.0600. The molecule has 0 fully saturated rings. The summed E-state index contributed by atoms with van der Waals surface area (Å²) in [6, 6.07) is 6.96. The molecule has 0 atom stereocenters. The van der Waals surface area contributed by atoms with Gasteiger partial charge >= 0.3 is 5.97 Å². The Labute approximate surface area is 126 Å². The van der Waals surface area contributed by atoms with Gasteiger partial charge in [-0.05, 0) is 43.0 Å². The number of nitrogens with two attached hydrogens (primary N) is 1. The molecule has 3 N–H and O–H groups in total. The Hall–Kier alpha value is -2.35. The van der Waals surface area contributed by atoms with Crippen molar-refractivity contribution in [3.63, 3.8) is 0 Å². The van der Waals surface area contributed by atoms with E-state index in [9.17, 15) is 4.79 Å². The van der Waals surface area contributed by atoms with Crippen LogP contribution in [0, 0.1) is 0 Å². The Kier molecular flexibility index (Phi) is 4.94. The molecule has 0 bridgehead atoms. The fraction of sp³-hybridized carbons (Fsp3) is 0.231. The molecule has 8 heteroatoms. The van der Waals surface area contributed by atoms with Gasteiger partial charge in [-0.3, -0.25) is 0 Å². The Morgan fingerprint density at radius 3 is 2.62 bits per heavy atom. The van der Waals surface area contributed by atoms with Gasteiger partial charge in [-0.2, -0.15) is 15.0 Å². The van der Waals surface area contributed by atoms with Gasteiger partial charge in [0.1, 0.15) is 0 Å². The monoisotopic (exact) mass is 305 g/mol. The number of anilines is 2. The molecule has 0 amide bonds. The van der Waals surface area contributed by atoms with Crippen LogP contribution < -0.4 is 11.1 Å². The summed E-state index contributed by atoms with van der Waals surface area (Å²) in [5, 5.41) is 3.48. The van der Waals surface area contributed by atoms with Gasteiger partial charge in [0.05, 0.1) is 12.7 Å². The Bertz CT molecular complexity index is 633. The second kappa shape index (κ2) is 6.89. The number of ether oxygens (including phenoxy) is 1. The van der Waals surface area contributed by atoms with Gasteiger partial charge in [0.15, 0.2) is 5.16 Å². The van der Waals surface area contributed by atoms with Crippen LogP contribution in [0.25, 0.3) is 0 Å². The fourth-order valence-corrected chi connectivity index (χ4v) is 2.29. The third kappa shape index (κ3) is 4.06. The quantitative estimate of drug-likeness (QED) is 0.806. The van der Waals surface area contributed by atoms with Crippen molar-refractivity contribution in [1.29, 1.82) is 0 Å². The van der Waals surface area contributed by atoms with E-state index in [0.29, 0.717) is 23.2 Å². The highest BCUT2D eigenvalue weighted by Gasteiger charge is 2.08. The molecule has 110 valence electrons. The van der Waals surface area contributed by atoms with Crippen LogP contribution in [-0.2, 0) is 4.74 Å². The summed E-state index contributed by atoms with van der Waals surface area (Å²) in [5.41, 5.74) is 6.14. The van der Waals surface area contributed by atoms with E-state index < -0.39 is 0 Å². The first-order chi connectivity index (χ1) is 10.1. The predicted molar refractivity (Wildman–Crippen MR) is 80.3 cm³/mol. The first-order valence-corrected chi connectivity index (χ1v) is 7.05. The summed E-state index contributed by atoms with van der Waals surface area (Å²) in [5.74, 6) is 0.235. The van der Waals surface area contributed by atoms with E-state index in [1.54, 1.807) is 24.3 Å². The first-order valence-electron chi connectivity index (χ1n) is 6.24. The molecular weight excluding hydrogens is 290 g/mol. The lowest BCUT2D eigenvalue weighted by Crippen LogP contribution is -2.07. The number of carbonyl (C=O) groups is 1. The van der Waals surface area contributed by atoms with Crippen molar-refractivity contribution < 1.29 is 9.53 Å². The summed E-state index contributed by atoms with van der Waals surface area (Å²) in [6.07, 6.45) is 0. The zero-order chi connectivity index (χ0) is 15.2. The molecule has 1 heterocycles. The molecule has 2 rings (SSSR count). The average Bonchev–Trinajstić information content (AvgIpc) is 2.47. The molecule has 0 aliphatic rings. The predicted octanol–water partition coefficient (Wildman–Crippen LogP) is 1.82. The number of esters is 1. The zero-order valence-corrected chi connectivity index (χ0v) is 12.5. The normalized spacial score (nSPS) is 10.2. The molecule has 0 aliphatic carbocycles. The van der Waals surface area contributed by atoms with Crippen molar-refractivity contribution in [2.45, 2.75) is 17.0 Å². The molecule has 0 spiro atoms. The maximum Gasteiger partial charge on any atom is 0.337 e. The van der Waals surface area contributed by atoms with Gasteiger partial charge in [0, 0.05) is 11.4 Å². The third-order valence-corrected chi connectivity index (χ3v) is 3.32. The fourth-order valence-electron chi connectivity index (χ4n) is 1.54. The van der Waals surface area contributed by atoms with Crippen molar-refractivity contribution in [1.82, 2.24) is 15.0 Å². The molecule has 2 aromatic rings. The summed E-state index contributed by atoms with van der Waals surface area (Å²) < 4.78 is 4.65. The van der Waals surface area contributed by atoms with Crippen LogP contribution in [0.1, 0.15) is 17.3 Å². The Morgan fingerprint density at radius 2 is 2.00 bits per heavy atom. The highest BCUT2D eigenvalue weighted by molar-refractivity contribution is 7.99. The molecular formula is C13H15N5O2S. The topological polar surface area (TPSA) is 103 Å². The van der Waals surface area contributed by atoms with Crippen LogP contribution in [0.3, 0.4) is 0 Å². The lowest BCUT2D eigenvalue weighted by Gasteiger charge is -2.05. The largest absolute Gasteiger partial charge is 0.465 e. The minimum atomic E-state index is -0.370. The van der Waals surface area contributed by atoms with E-state index >= 15 is 0 Å². The summed E-state index contributed by atoms with van der Waals surface area (Å²) in [6.45, 7) is 2.64. The van der Waals surface area contributed by atoms with Crippen LogP contribution in [0.2, 0.25) is 0 Å². The van der Waals surface area contributed by atoms with E-state index in [-0.39, 0.29) is 11.9 Å². The number of nitrogens with zero attached hydrogens (tertiary/aromatic N) is 3. The highest BCUT2D eigenvalue weighted by Crippen LogP contribution is 2.25. The molecule has 0 unspecified atom stereocenters. The van der Waals surface area contributed by atoms with Crippen molar-refractivity contribution in [3.8, 4) is 0 Å². The van der Waals surface area contributed by atoms with Crippen LogP contribution in [0.4, 0.5) is 11.9 Å². The number of nitrogen functional groups attached to an aromatic ring is 1. The van der Waals surface area contributed by atoms with Gasteiger partial charge in [-0.1, -0.05) is 0 Å². The van der Waals surface area contributed by atoms with Gasteiger partial charge < -0.3 is 15.8 Å². The standard InChI is InChI=1S/C13H15N5O2S/c1-3-15-12-16-11(14)17-13(18-12)21-9-6-4-8(5-7-9)10(19)20-2/h4-7H,3H2,1-2H3,(H3,14,15,16,17,18). The molecule has 21 heavy (non-hydrogen) atoms. The van der Waals surface area contributed by atoms with E-state index in [1.807, 2.05) is 6.92 Å². The molecule has 0 radical (unpaired) electrons. The maximum absolute atomic E-state index is 11.4. The summed E-state index contributed by atoms with van der Waals surface area (Å²) in [7, 11) is 1.35. The minimum absolute atomic E-state index is 0.162. The molecule has 1 aromatic carbocycles. The number of hydrogen-bond acceptors (Lipinski definition) is 8. The molecule has 0 aliphatic heterocycles. The van der Waals surface area contributed by atoms with Crippen molar-refractivity contribution in [3.05, 3.63) is 29.8 Å². The molecule has 0 saturated heterocycles. The van der Waals surface area contributed by atoms with Crippen LogP contribution >= 0.6 is 11.8 Å². The third-order valence-electron chi connectivity index (χ3n) is 2.45. The minimum Gasteiger partial charge on any atom is -0.465 e. The van der Waals surface area contributed by atoms with Gasteiger partial charge in [0.25, 0.3) is 0 Å².